The van der Waals surface area contributed by atoms with Crippen molar-refractivity contribution in [2.75, 3.05) is 39.3 Å². The number of likely N-dealkylation sites (tertiary alicyclic amines) is 1. The van der Waals surface area contributed by atoms with Crippen LogP contribution in [0.5, 0.6) is 0 Å². The second-order valence-electron chi connectivity index (χ2n) is 13.3. The van der Waals surface area contributed by atoms with E-state index in [-0.39, 0.29) is 24.0 Å². The van der Waals surface area contributed by atoms with Gasteiger partial charge in [0.1, 0.15) is 6.17 Å². The Morgan fingerprint density at radius 1 is 1.10 bits per heavy atom. The molecule has 2 aliphatic heterocycles. The van der Waals surface area contributed by atoms with E-state index in [9.17, 15) is 14.0 Å². The van der Waals surface area contributed by atoms with Crippen molar-refractivity contribution in [3.63, 3.8) is 0 Å². The van der Waals surface area contributed by atoms with Gasteiger partial charge in [0.2, 0.25) is 5.91 Å². The number of nitrogens with zero attached hydrogens (tertiary/aromatic N) is 4. The number of allylic oxidation sites excluding steroid dienone is 7. The molecular weight excluding hydrogens is 527 g/mol. The van der Waals surface area contributed by atoms with E-state index >= 15 is 0 Å². The maximum absolute atomic E-state index is 12.7. The van der Waals surface area contributed by atoms with Crippen molar-refractivity contribution in [1.82, 2.24) is 19.6 Å². The Bertz CT molecular complexity index is 954. The van der Waals surface area contributed by atoms with Gasteiger partial charge >= 0.3 is 6.03 Å². The van der Waals surface area contributed by atoms with Gasteiger partial charge in [0, 0.05) is 55.9 Å². The fraction of sp³-hybridized carbons (Fsp3) is 0.714. The predicted octanol–water partition coefficient (Wildman–Crippen LogP) is 7.45. The summed E-state index contributed by atoms with van der Waals surface area (Å²) in [5, 5.41) is 0. The van der Waals surface area contributed by atoms with E-state index in [2.05, 4.69) is 75.3 Å². The van der Waals surface area contributed by atoms with E-state index < -0.39 is 6.17 Å². The van der Waals surface area contributed by atoms with Gasteiger partial charge in [0.25, 0.3) is 0 Å². The van der Waals surface area contributed by atoms with Crippen molar-refractivity contribution >= 4 is 11.9 Å². The summed E-state index contributed by atoms with van der Waals surface area (Å²) < 4.78 is 12.6. The van der Waals surface area contributed by atoms with Gasteiger partial charge in [-0.3, -0.25) is 4.79 Å². The van der Waals surface area contributed by atoms with E-state index in [1.54, 1.807) is 9.80 Å². The smallest absolute Gasteiger partial charge is 0.320 e. The Morgan fingerprint density at radius 2 is 1.71 bits per heavy atom. The summed E-state index contributed by atoms with van der Waals surface area (Å²) in [5.41, 5.74) is 1.09. The molecule has 4 atom stereocenters. The zero-order valence-electron chi connectivity index (χ0n) is 27.8. The van der Waals surface area contributed by atoms with Crippen LogP contribution < -0.4 is 0 Å². The Morgan fingerprint density at radius 3 is 2.17 bits per heavy atom. The monoisotopic (exact) mass is 586 g/mol. The summed E-state index contributed by atoms with van der Waals surface area (Å²) in [4.78, 5) is 32.2. The van der Waals surface area contributed by atoms with Gasteiger partial charge in [-0.15, -0.1) is 0 Å². The normalized spacial score (nSPS) is 23.9. The van der Waals surface area contributed by atoms with E-state index in [1.807, 2.05) is 26.0 Å². The first-order valence-electron chi connectivity index (χ1n) is 16.2. The van der Waals surface area contributed by atoms with Gasteiger partial charge in [-0.05, 0) is 72.1 Å². The van der Waals surface area contributed by atoms with E-state index in [1.165, 1.54) is 13.3 Å². The minimum atomic E-state index is -0.934. The van der Waals surface area contributed by atoms with Crippen LogP contribution in [0.2, 0.25) is 0 Å². The second kappa shape index (κ2) is 16.9. The molecule has 6 nitrogen and oxygen atoms in total. The number of halogens is 1. The average molecular weight is 587 g/mol. The van der Waals surface area contributed by atoms with Crippen LogP contribution in [-0.4, -0.2) is 89.1 Å². The van der Waals surface area contributed by atoms with Crippen molar-refractivity contribution in [2.45, 2.75) is 106 Å². The maximum atomic E-state index is 12.7. The van der Waals surface area contributed by atoms with Crippen LogP contribution in [-0.2, 0) is 4.79 Å². The van der Waals surface area contributed by atoms with Crippen LogP contribution in [0.1, 0.15) is 87.5 Å². The fourth-order valence-corrected chi connectivity index (χ4v) is 6.00. The summed E-state index contributed by atoms with van der Waals surface area (Å²) in [6.45, 7) is 25.1. The number of hydrogen-bond acceptors (Lipinski definition) is 3. The summed E-state index contributed by atoms with van der Waals surface area (Å²) in [6, 6.07) is 0.713. The maximum Gasteiger partial charge on any atom is 0.320 e. The number of hydrogen-bond donors (Lipinski definition) is 0. The molecule has 0 N–H and O–H groups in total. The lowest BCUT2D eigenvalue weighted by molar-refractivity contribution is -0.145. The molecule has 3 fully saturated rings. The molecule has 238 valence electrons. The van der Waals surface area contributed by atoms with Gasteiger partial charge in [-0.2, -0.15) is 0 Å². The van der Waals surface area contributed by atoms with Crippen LogP contribution in [0.25, 0.3) is 0 Å². The highest BCUT2D eigenvalue weighted by Crippen LogP contribution is 2.43. The highest BCUT2D eigenvalue weighted by atomic mass is 19.1. The van der Waals surface area contributed by atoms with Gasteiger partial charge in [0.05, 0.1) is 6.54 Å². The van der Waals surface area contributed by atoms with E-state index in [4.69, 9.17) is 0 Å². The van der Waals surface area contributed by atoms with Crippen molar-refractivity contribution in [1.29, 1.82) is 0 Å². The predicted molar refractivity (Wildman–Crippen MR) is 174 cm³/mol. The number of alkyl halides is 1. The zero-order valence-corrected chi connectivity index (χ0v) is 27.8. The number of amides is 3. The lowest BCUT2D eigenvalue weighted by Gasteiger charge is -2.39. The SMILES string of the molecule is C1=CC=CCC=C1.C=C(C)N(C[C@H]1CN(C(=O)C2(C)CCC2)CC1C)C(C)CC.CC(F)CN1CCN(C(C)C)C1=O. The Labute approximate surface area is 256 Å². The van der Waals surface area contributed by atoms with Crippen LogP contribution in [0.4, 0.5) is 9.18 Å². The summed E-state index contributed by atoms with van der Waals surface area (Å²) >= 11 is 0. The molecule has 7 heteroatoms. The molecule has 0 spiro atoms. The number of urea groups is 1. The molecule has 2 saturated heterocycles. The Hall–Kier alpha value is -2.57. The number of carbonyl (C=O) groups excluding carboxylic acids is 2. The first kappa shape index (κ1) is 35.6. The molecule has 42 heavy (non-hydrogen) atoms. The van der Waals surface area contributed by atoms with Gasteiger partial charge in [0.15, 0.2) is 0 Å². The highest BCUT2D eigenvalue weighted by molar-refractivity contribution is 5.83. The van der Waals surface area contributed by atoms with Gasteiger partial charge in [-0.25, -0.2) is 9.18 Å². The molecule has 3 amide bonds. The first-order valence-corrected chi connectivity index (χ1v) is 16.2. The van der Waals surface area contributed by atoms with Crippen molar-refractivity contribution in [3.05, 3.63) is 48.7 Å². The van der Waals surface area contributed by atoms with Crippen LogP contribution in [0.15, 0.2) is 48.7 Å². The zero-order chi connectivity index (χ0) is 31.4. The lowest BCUT2D eigenvalue weighted by Crippen LogP contribution is -2.45. The third kappa shape index (κ3) is 10.3. The lowest BCUT2D eigenvalue weighted by atomic mass is 9.69. The number of rotatable bonds is 9. The minimum Gasteiger partial charge on any atom is -0.372 e. The minimum absolute atomic E-state index is 0.0282. The van der Waals surface area contributed by atoms with Crippen molar-refractivity contribution in [2.24, 2.45) is 17.3 Å². The molecule has 0 bridgehead atoms. The van der Waals surface area contributed by atoms with Crippen LogP contribution in [0, 0.1) is 17.3 Å². The van der Waals surface area contributed by atoms with Crippen molar-refractivity contribution in [3.8, 4) is 0 Å². The molecule has 1 saturated carbocycles. The fourth-order valence-electron chi connectivity index (χ4n) is 6.00. The molecule has 0 aromatic rings. The molecule has 0 aromatic carbocycles. The molecular formula is C35H59FN4O2. The van der Waals surface area contributed by atoms with Crippen LogP contribution >= 0.6 is 0 Å². The second-order valence-corrected chi connectivity index (χ2v) is 13.3. The first-order chi connectivity index (χ1) is 19.8. The molecule has 3 unspecified atom stereocenters. The van der Waals surface area contributed by atoms with Crippen LogP contribution in [0.3, 0.4) is 0 Å². The third-order valence-corrected chi connectivity index (χ3v) is 9.17. The molecule has 2 aliphatic carbocycles. The Balaban J connectivity index is 0.000000258. The van der Waals surface area contributed by atoms with E-state index in [0.29, 0.717) is 30.3 Å². The molecule has 0 aromatic heterocycles. The highest BCUT2D eigenvalue weighted by Gasteiger charge is 2.45. The summed E-state index contributed by atoms with van der Waals surface area (Å²) in [5.74, 6) is 1.55. The average Bonchev–Trinajstić information content (AvgIpc) is 3.31. The van der Waals surface area contributed by atoms with Gasteiger partial charge < -0.3 is 19.6 Å². The van der Waals surface area contributed by atoms with Gasteiger partial charge in [-0.1, -0.05) is 70.2 Å². The standard InChI is InChI=1S/C19H34N2O.C9H17FN2O.C7H8/c1-7-16(5)21(14(2)3)13-17-12-20(11-15(17)4)18(22)19(6)9-8-10-19;1-7(2)12-5-4-11(9(12)13)6-8(3)10;1-2-4-6-7-5-3-1/h15-17H,2,7-13H2,1,3-6H3;7-8H,4-6H2,1-3H3;1-6H,7H2/t15?,16?,17-;;/m1../s1. The molecule has 2 heterocycles. The Kier molecular flexibility index (Phi) is 14.3. The van der Waals surface area contributed by atoms with Crippen molar-refractivity contribution < 1.29 is 14.0 Å². The summed E-state index contributed by atoms with van der Waals surface area (Å²) in [7, 11) is 0. The molecule has 0 radical (unpaired) electrons. The molecule has 4 rings (SSSR count). The third-order valence-electron chi connectivity index (χ3n) is 9.17. The van der Waals surface area contributed by atoms with E-state index in [0.717, 1.165) is 57.6 Å². The quantitative estimate of drug-likeness (QED) is 0.282. The topological polar surface area (TPSA) is 47.1 Å². The summed E-state index contributed by atoms with van der Waals surface area (Å²) in [6.07, 6.45) is 17.1. The number of carbonyl (C=O) groups is 2. The molecule has 4 aliphatic rings. The largest absolute Gasteiger partial charge is 0.372 e.